The molecule has 0 spiro atoms. The van der Waals surface area contributed by atoms with Crippen LogP contribution in [-0.4, -0.2) is 22.9 Å². The summed E-state index contributed by atoms with van der Waals surface area (Å²) in [5.74, 6) is -1.38. The van der Waals surface area contributed by atoms with Gasteiger partial charge >= 0.3 is 5.97 Å². The molecule has 0 fully saturated rings. The lowest BCUT2D eigenvalue weighted by Crippen LogP contribution is -2.30. The number of nitro groups is 1. The normalized spacial score (nSPS) is 11.6. The summed E-state index contributed by atoms with van der Waals surface area (Å²) in [5, 5.41) is 15.5. The zero-order valence-corrected chi connectivity index (χ0v) is 14.9. The topological polar surface area (TPSA) is 125 Å². The Labute approximate surface area is 160 Å². The minimum atomic E-state index is -1.11. The maximum atomic E-state index is 12.4. The number of esters is 1. The Morgan fingerprint density at radius 2 is 1.82 bits per heavy atom. The second kappa shape index (κ2) is 7.75. The van der Waals surface area contributed by atoms with E-state index in [4.69, 9.17) is 10.5 Å². The molecule has 0 aliphatic carbocycles. The van der Waals surface area contributed by atoms with E-state index in [1.807, 2.05) is 36.4 Å². The Hall–Kier alpha value is -3.94. The number of hydrogen-bond acceptors (Lipinski definition) is 6. The van der Waals surface area contributed by atoms with Gasteiger partial charge in [0.25, 0.3) is 11.6 Å². The maximum Gasteiger partial charge on any atom is 0.339 e. The maximum absolute atomic E-state index is 12.4. The summed E-state index contributed by atoms with van der Waals surface area (Å²) < 4.78 is 5.14. The number of amides is 1. The first-order chi connectivity index (χ1) is 13.4. The van der Waals surface area contributed by atoms with Crippen molar-refractivity contribution in [2.45, 2.75) is 13.0 Å². The molecule has 0 bridgehead atoms. The summed E-state index contributed by atoms with van der Waals surface area (Å²) in [4.78, 5) is 34.9. The number of rotatable bonds is 5. The molecule has 1 amide bonds. The molecule has 28 heavy (non-hydrogen) atoms. The van der Waals surface area contributed by atoms with Crippen molar-refractivity contribution in [3.05, 3.63) is 76.3 Å². The molecule has 0 saturated carbocycles. The third-order valence-corrected chi connectivity index (χ3v) is 4.16. The molecule has 0 aromatic heterocycles. The third kappa shape index (κ3) is 3.90. The zero-order chi connectivity index (χ0) is 20.3. The van der Waals surface area contributed by atoms with Crippen molar-refractivity contribution in [1.82, 2.24) is 0 Å². The number of hydrogen-bond donors (Lipinski definition) is 2. The molecule has 1 atom stereocenters. The van der Waals surface area contributed by atoms with Crippen molar-refractivity contribution in [1.29, 1.82) is 0 Å². The van der Waals surface area contributed by atoms with E-state index in [1.54, 1.807) is 6.07 Å². The molecular weight excluding hydrogens is 362 g/mol. The number of nitrogens with zero attached hydrogens (tertiary/aromatic N) is 1. The number of nitrogens with two attached hydrogens (primary N) is 1. The average molecular weight is 379 g/mol. The van der Waals surface area contributed by atoms with E-state index in [2.05, 4.69) is 5.32 Å². The van der Waals surface area contributed by atoms with Gasteiger partial charge in [0.05, 0.1) is 10.5 Å². The first-order valence-electron chi connectivity index (χ1n) is 8.40. The fourth-order valence-electron chi connectivity index (χ4n) is 2.68. The first kappa shape index (κ1) is 18.8. The molecule has 0 heterocycles. The van der Waals surface area contributed by atoms with Gasteiger partial charge in [0, 0.05) is 17.1 Å². The zero-order valence-electron chi connectivity index (χ0n) is 14.9. The molecular formula is C20H17N3O5. The highest BCUT2D eigenvalue weighted by molar-refractivity contribution is 6.04. The van der Waals surface area contributed by atoms with Crippen LogP contribution in [0.25, 0.3) is 10.8 Å². The Bertz CT molecular complexity index is 1080. The molecule has 0 aliphatic heterocycles. The molecule has 3 N–H and O–H groups in total. The van der Waals surface area contributed by atoms with E-state index in [1.165, 1.54) is 19.1 Å². The van der Waals surface area contributed by atoms with Crippen molar-refractivity contribution < 1.29 is 19.2 Å². The van der Waals surface area contributed by atoms with Gasteiger partial charge in [-0.2, -0.15) is 0 Å². The predicted molar refractivity (Wildman–Crippen MR) is 105 cm³/mol. The van der Waals surface area contributed by atoms with Crippen LogP contribution in [0.1, 0.15) is 17.3 Å². The van der Waals surface area contributed by atoms with Crippen LogP contribution in [0.2, 0.25) is 0 Å². The standard InChI is InChI=1S/C20H17N3O5/c1-12(28-20(25)14-9-10-16(21)18(11-14)23(26)27)19(24)22-17-8-4-6-13-5-2-3-7-15(13)17/h2-12H,21H2,1H3,(H,22,24)/t12-/m0/s1. The van der Waals surface area contributed by atoms with Gasteiger partial charge in [0.1, 0.15) is 5.69 Å². The lowest BCUT2D eigenvalue weighted by Gasteiger charge is -2.15. The summed E-state index contributed by atoms with van der Waals surface area (Å²) in [6.45, 7) is 1.42. The van der Waals surface area contributed by atoms with Gasteiger partial charge in [-0.15, -0.1) is 0 Å². The van der Waals surface area contributed by atoms with Crippen molar-refractivity contribution in [3.8, 4) is 0 Å². The van der Waals surface area contributed by atoms with Crippen molar-refractivity contribution in [2.75, 3.05) is 11.1 Å². The van der Waals surface area contributed by atoms with E-state index in [9.17, 15) is 19.7 Å². The van der Waals surface area contributed by atoms with Gasteiger partial charge in [-0.1, -0.05) is 36.4 Å². The van der Waals surface area contributed by atoms with Crippen LogP contribution in [-0.2, 0) is 9.53 Å². The van der Waals surface area contributed by atoms with Crippen LogP contribution >= 0.6 is 0 Å². The van der Waals surface area contributed by atoms with Gasteiger partial charge in [-0.05, 0) is 30.5 Å². The van der Waals surface area contributed by atoms with Gasteiger partial charge in [-0.25, -0.2) is 4.79 Å². The Morgan fingerprint density at radius 3 is 2.57 bits per heavy atom. The minimum absolute atomic E-state index is 0.0642. The summed E-state index contributed by atoms with van der Waals surface area (Å²) in [6, 6.07) is 16.6. The molecule has 0 saturated heterocycles. The molecule has 142 valence electrons. The largest absolute Gasteiger partial charge is 0.449 e. The highest BCUT2D eigenvalue weighted by Crippen LogP contribution is 2.24. The fraction of sp³-hybridized carbons (Fsp3) is 0.100. The number of fused-ring (bicyclic) bond motifs is 1. The second-order valence-corrected chi connectivity index (χ2v) is 6.09. The van der Waals surface area contributed by atoms with Gasteiger partial charge in [0.15, 0.2) is 6.10 Å². The number of benzene rings is 3. The highest BCUT2D eigenvalue weighted by Gasteiger charge is 2.22. The summed E-state index contributed by atoms with van der Waals surface area (Å²) >= 11 is 0. The van der Waals surface area contributed by atoms with E-state index >= 15 is 0 Å². The number of anilines is 2. The van der Waals surface area contributed by atoms with E-state index in [0.29, 0.717) is 5.69 Å². The third-order valence-electron chi connectivity index (χ3n) is 4.16. The minimum Gasteiger partial charge on any atom is -0.449 e. The van der Waals surface area contributed by atoms with Crippen molar-refractivity contribution >= 4 is 39.7 Å². The Balaban J connectivity index is 1.73. The van der Waals surface area contributed by atoms with Crippen LogP contribution in [0.4, 0.5) is 17.1 Å². The van der Waals surface area contributed by atoms with Crippen LogP contribution in [0.5, 0.6) is 0 Å². The van der Waals surface area contributed by atoms with Gasteiger partial charge < -0.3 is 15.8 Å². The SMILES string of the molecule is C[C@H](OC(=O)c1ccc(N)c([N+](=O)[O-])c1)C(=O)Nc1cccc2ccccc12. The summed E-state index contributed by atoms with van der Waals surface area (Å²) in [5.41, 5.74) is 5.57. The van der Waals surface area contributed by atoms with E-state index in [-0.39, 0.29) is 11.3 Å². The summed E-state index contributed by atoms with van der Waals surface area (Å²) in [6.07, 6.45) is -1.11. The fourth-order valence-corrected chi connectivity index (χ4v) is 2.68. The van der Waals surface area contributed by atoms with Gasteiger partial charge in [0.2, 0.25) is 0 Å². The second-order valence-electron chi connectivity index (χ2n) is 6.09. The number of nitrogen functional groups attached to an aromatic ring is 1. The average Bonchev–Trinajstić information content (AvgIpc) is 2.68. The number of carbonyl (C=O) groups excluding carboxylic acids is 2. The molecule has 0 radical (unpaired) electrons. The van der Waals surface area contributed by atoms with Crippen LogP contribution < -0.4 is 11.1 Å². The van der Waals surface area contributed by atoms with Crippen LogP contribution in [0, 0.1) is 10.1 Å². The molecule has 3 rings (SSSR count). The lowest BCUT2D eigenvalue weighted by atomic mass is 10.1. The number of carbonyl (C=O) groups is 2. The Morgan fingerprint density at radius 1 is 1.11 bits per heavy atom. The van der Waals surface area contributed by atoms with Crippen LogP contribution in [0.15, 0.2) is 60.7 Å². The smallest absolute Gasteiger partial charge is 0.339 e. The Kier molecular flexibility index (Phi) is 5.21. The quantitative estimate of drug-likeness (QED) is 0.302. The molecule has 8 heteroatoms. The number of ether oxygens (including phenoxy) is 1. The van der Waals surface area contributed by atoms with E-state index in [0.717, 1.165) is 16.8 Å². The summed E-state index contributed by atoms with van der Waals surface area (Å²) in [7, 11) is 0. The molecule has 3 aromatic carbocycles. The van der Waals surface area contributed by atoms with E-state index < -0.39 is 28.6 Å². The van der Waals surface area contributed by atoms with Crippen LogP contribution in [0.3, 0.4) is 0 Å². The van der Waals surface area contributed by atoms with Crippen molar-refractivity contribution in [2.24, 2.45) is 0 Å². The number of nitro benzene ring substituents is 1. The lowest BCUT2D eigenvalue weighted by molar-refractivity contribution is -0.383. The highest BCUT2D eigenvalue weighted by atomic mass is 16.6. The molecule has 0 unspecified atom stereocenters. The number of nitrogens with one attached hydrogen (secondary N) is 1. The molecule has 8 nitrogen and oxygen atoms in total. The van der Waals surface area contributed by atoms with Gasteiger partial charge in [-0.3, -0.25) is 14.9 Å². The molecule has 0 aliphatic rings. The predicted octanol–water partition coefficient (Wildman–Crippen LogP) is 3.51. The monoisotopic (exact) mass is 379 g/mol. The first-order valence-corrected chi connectivity index (χ1v) is 8.40. The molecule has 3 aromatic rings. The van der Waals surface area contributed by atoms with Crippen molar-refractivity contribution in [3.63, 3.8) is 0 Å².